The zero-order valence-electron chi connectivity index (χ0n) is 17.3. The molecule has 0 atom stereocenters. The zero-order chi connectivity index (χ0) is 21.2. The van der Waals surface area contributed by atoms with E-state index in [2.05, 4.69) is 49.9 Å². The maximum Gasteiger partial charge on any atom is 0.234 e. The number of pyridine rings is 1. The summed E-state index contributed by atoms with van der Waals surface area (Å²) in [6, 6.07) is 16.3. The van der Waals surface area contributed by atoms with E-state index < -0.39 is 0 Å². The number of hydrogen-bond acceptors (Lipinski definition) is 6. The molecule has 1 aromatic carbocycles. The molecule has 0 saturated heterocycles. The van der Waals surface area contributed by atoms with Crippen LogP contribution in [0.1, 0.15) is 22.6 Å². The molecule has 0 spiro atoms. The van der Waals surface area contributed by atoms with Gasteiger partial charge < -0.3 is 0 Å². The van der Waals surface area contributed by atoms with Gasteiger partial charge in [0.1, 0.15) is 0 Å². The fourth-order valence-corrected chi connectivity index (χ4v) is 4.37. The van der Waals surface area contributed by atoms with E-state index in [1.165, 1.54) is 5.56 Å². The number of thioether (sulfide) groups is 1. The van der Waals surface area contributed by atoms with Crippen LogP contribution < -0.4 is 0 Å². The summed E-state index contributed by atoms with van der Waals surface area (Å²) in [4.78, 5) is 13.3. The molecule has 0 bridgehead atoms. The van der Waals surface area contributed by atoms with E-state index in [9.17, 15) is 0 Å². The molecule has 5 aromatic rings. The molecule has 0 fully saturated rings. The normalized spacial score (nSPS) is 11.3. The first kappa shape index (κ1) is 19.4. The van der Waals surface area contributed by atoms with E-state index in [0.717, 1.165) is 39.4 Å². The Labute approximate surface area is 184 Å². The van der Waals surface area contributed by atoms with Gasteiger partial charge in [0.25, 0.3) is 0 Å². The van der Waals surface area contributed by atoms with Crippen LogP contribution in [-0.2, 0) is 12.3 Å². The number of aromatic nitrogens is 7. The van der Waals surface area contributed by atoms with E-state index >= 15 is 0 Å². The molecular weight excluding hydrogens is 406 g/mol. The molecule has 0 saturated carbocycles. The number of rotatable bonds is 6. The standard InChI is InChI=1S/C23H21N7S/c1-16-12-17(2)29-14-20(26-22(29)25-16)15-31-23-28-27-21(19-8-10-24-11-9-19)30(23)13-18-6-4-3-5-7-18/h3-12,14H,13,15H2,1-2H3. The van der Waals surface area contributed by atoms with Gasteiger partial charge in [-0.3, -0.25) is 14.0 Å². The van der Waals surface area contributed by atoms with Crippen molar-refractivity contribution in [2.24, 2.45) is 0 Å². The highest BCUT2D eigenvalue weighted by molar-refractivity contribution is 7.98. The van der Waals surface area contributed by atoms with Crippen LogP contribution in [-0.4, -0.2) is 34.1 Å². The minimum absolute atomic E-state index is 0.686. The topological polar surface area (TPSA) is 73.8 Å². The third-order valence-corrected chi connectivity index (χ3v) is 6.00. The summed E-state index contributed by atoms with van der Waals surface area (Å²) in [5.74, 6) is 2.25. The van der Waals surface area contributed by atoms with Crippen LogP contribution in [0.4, 0.5) is 0 Å². The summed E-state index contributed by atoms with van der Waals surface area (Å²) in [7, 11) is 0. The lowest BCUT2D eigenvalue weighted by Crippen LogP contribution is -2.04. The first-order chi connectivity index (χ1) is 15.2. The van der Waals surface area contributed by atoms with Crippen molar-refractivity contribution in [2.75, 3.05) is 0 Å². The highest BCUT2D eigenvalue weighted by Crippen LogP contribution is 2.27. The molecule has 7 nitrogen and oxygen atoms in total. The molecule has 4 aromatic heterocycles. The molecule has 0 aliphatic heterocycles. The molecular formula is C23H21N7S. The van der Waals surface area contributed by atoms with Gasteiger partial charge in [-0.2, -0.15) is 0 Å². The number of imidazole rings is 1. The Morgan fingerprint density at radius 3 is 2.55 bits per heavy atom. The Hall–Kier alpha value is -3.52. The predicted molar refractivity (Wildman–Crippen MR) is 121 cm³/mol. The van der Waals surface area contributed by atoms with Gasteiger partial charge in [0.15, 0.2) is 11.0 Å². The fraction of sp³-hybridized carbons (Fsp3) is 0.174. The molecule has 4 heterocycles. The fourth-order valence-electron chi connectivity index (χ4n) is 3.54. The summed E-state index contributed by atoms with van der Waals surface area (Å²) in [5.41, 5.74) is 5.25. The maximum atomic E-state index is 4.69. The van der Waals surface area contributed by atoms with Crippen LogP contribution in [0.25, 0.3) is 17.2 Å². The van der Waals surface area contributed by atoms with Crippen molar-refractivity contribution in [1.82, 2.24) is 34.1 Å². The van der Waals surface area contributed by atoms with Gasteiger partial charge in [0.2, 0.25) is 5.78 Å². The van der Waals surface area contributed by atoms with Gasteiger partial charge in [-0.15, -0.1) is 10.2 Å². The Morgan fingerprint density at radius 2 is 1.74 bits per heavy atom. The van der Waals surface area contributed by atoms with E-state index in [-0.39, 0.29) is 0 Å². The van der Waals surface area contributed by atoms with Crippen molar-refractivity contribution in [3.63, 3.8) is 0 Å². The second-order valence-electron chi connectivity index (χ2n) is 7.34. The number of aryl methyl sites for hydroxylation is 2. The lowest BCUT2D eigenvalue weighted by Gasteiger charge is -2.10. The summed E-state index contributed by atoms with van der Waals surface area (Å²) in [6.07, 6.45) is 5.60. The molecule has 0 unspecified atom stereocenters. The van der Waals surface area contributed by atoms with Crippen LogP contribution in [0.5, 0.6) is 0 Å². The molecule has 0 amide bonds. The smallest absolute Gasteiger partial charge is 0.234 e. The average Bonchev–Trinajstić information content (AvgIpc) is 3.37. The van der Waals surface area contributed by atoms with E-state index in [1.807, 2.05) is 47.9 Å². The summed E-state index contributed by atoms with van der Waals surface area (Å²) >= 11 is 1.63. The third-order valence-electron chi connectivity index (χ3n) is 5.00. The molecule has 0 radical (unpaired) electrons. The zero-order valence-corrected chi connectivity index (χ0v) is 18.1. The summed E-state index contributed by atoms with van der Waals surface area (Å²) in [6.45, 7) is 4.75. The highest BCUT2D eigenvalue weighted by Gasteiger charge is 2.16. The quantitative estimate of drug-likeness (QED) is 0.375. The Balaban J connectivity index is 1.46. The summed E-state index contributed by atoms with van der Waals surface area (Å²) < 4.78 is 4.18. The molecule has 0 aliphatic carbocycles. The Kier molecular flexibility index (Phi) is 5.21. The van der Waals surface area contributed by atoms with Crippen LogP contribution in [0.15, 0.2) is 72.3 Å². The minimum Gasteiger partial charge on any atom is -0.298 e. The van der Waals surface area contributed by atoms with Crippen molar-refractivity contribution < 1.29 is 0 Å². The van der Waals surface area contributed by atoms with Crippen molar-refractivity contribution in [3.05, 3.63) is 89.8 Å². The molecule has 0 N–H and O–H groups in total. The molecule has 0 aliphatic rings. The van der Waals surface area contributed by atoms with Gasteiger partial charge in [-0.05, 0) is 37.6 Å². The van der Waals surface area contributed by atoms with Crippen LogP contribution in [0.3, 0.4) is 0 Å². The van der Waals surface area contributed by atoms with Gasteiger partial charge in [-0.25, -0.2) is 9.97 Å². The van der Waals surface area contributed by atoms with Gasteiger partial charge in [0.05, 0.1) is 12.2 Å². The lowest BCUT2D eigenvalue weighted by molar-refractivity contribution is 0.714. The average molecular weight is 428 g/mol. The van der Waals surface area contributed by atoms with Crippen LogP contribution in [0, 0.1) is 13.8 Å². The second-order valence-corrected chi connectivity index (χ2v) is 8.29. The van der Waals surface area contributed by atoms with E-state index in [4.69, 9.17) is 4.98 Å². The highest BCUT2D eigenvalue weighted by atomic mass is 32.2. The monoisotopic (exact) mass is 427 g/mol. The van der Waals surface area contributed by atoms with Crippen molar-refractivity contribution in [3.8, 4) is 11.4 Å². The molecule has 154 valence electrons. The number of benzene rings is 1. The van der Waals surface area contributed by atoms with E-state index in [0.29, 0.717) is 12.3 Å². The van der Waals surface area contributed by atoms with Gasteiger partial charge in [0, 0.05) is 41.3 Å². The minimum atomic E-state index is 0.686. The predicted octanol–water partition coefficient (Wildman–Crippen LogP) is 4.34. The van der Waals surface area contributed by atoms with Crippen LogP contribution in [0.2, 0.25) is 0 Å². The molecule has 31 heavy (non-hydrogen) atoms. The first-order valence-electron chi connectivity index (χ1n) is 10.00. The van der Waals surface area contributed by atoms with Crippen molar-refractivity contribution >= 4 is 17.5 Å². The number of nitrogens with zero attached hydrogens (tertiary/aromatic N) is 7. The first-order valence-corrected chi connectivity index (χ1v) is 11.0. The molecule has 5 rings (SSSR count). The van der Waals surface area contributed by atoms with Crippen LogP contribution >= 0.6 is 11.8 Å². The largest absolute Gasteiger partial charge is 0.298 e. The number of fused-ring (bicyclic) bond motifs is 1. The Bertz CT molecular complexity index is 1330. The molecule has 8 heteroatoms. The number of hydrogen-bond donors (Lipinski definition) is 0. The van der Waals surface area contributed by atoms with Crippen molar-refractivity contribution in [1.29, 1.82) is 0 Å². The van der Waals surface area contributed by atoms with Gasteiger partial charge in [-0.1, -0.05) is 42.1 Å². The van der Waals surface area contributed by atoms with Gasteiger partial charge >= 0.3 is 0 Å². The Morgan fingerprint density at radius 1 is 0.935 bits per heavy atom. The van der Waals surface area contributed by atoms with Crippen molar-refractivity contribution in [2.45, 2.75) is 31.3 Å². The third kappa shape index (κ3) is 4.06. The summed E-state index contributed by atoms with van der Waals surface area (Å²) in [5, 5.41) is 9.84. The lowest BCUT2D eigenvalue weighted by atomic mass is 10.2. The van der Waals surface area contributed by atoms with E-state index in [1.54, 1.807) is 24.2 Å². The second kappa shape index (κ2) is 8.31. The maximum absolute atomic E-state index is 4.69. The SMILES string of the molecule is Cc1cc(C)n2cc(CSc3nnc(-c4ccncc4)n3Cc3ccccc3)nc2n1.